The molecule has 0 saturated heterocycles. The molecule has 0 radical (unpaired) electrons. The lowest BCUT2D eigenvalue weighted by atomic mass is 9.67. The van der Waals surface area contributed by atoms with Gasteiger partial charge in [-0.3, -0.25) is 0 Å². The van der Waals surface area contributed by atoms with Crippen LogP contribution in [0.3, 0.4) is 0 Å². The fourth-order valence-electron chi connectivity index (χ4n) is 9.06. The highest BCUT2D eigenvalue weighted by Crippen LogP contribution is 2.57. The van der Waals surface area contributed by atoms with Gasteiger partial charge in [0, 0.05) is 37.2 Å². The first-order valence-corrected chi connectivity index (χ1v) is 19.7. The van der Waals surface area contributed by atoms with E-state index in [0.717, 1.165) is 17.1 Å². The molecule has 0 unspecified atom stereocenters. The van der Waals surface area contributed by atoms with Crippen LogP contribution in [0.15, 0.2) is 212 Å². The van der Waals surface area contributed by atoms with Crippen LogP contribution in [-0.2, 0) is 5.41 Å². The lowest BCUT2D eigenvalue weighted by molar-refractivity contribution is 0.770. The second-order valence-electron chi connectivity index (χ2n) is 14.5. The van der Waals surface area contributed by atoms with Crippen molar-refractivity contribution in [2.75, 3.05) is 4.90 Å². The van der Waals surface area contributed by atoms with Gasteiger partial charge in [-0.15, -0.1) is 11.3 Å². The maximum absolute atomic E-state index is 2.47. The largest absolute Gasteiger partial charge is 0.310 e. The van der Waals surface area contributed by atoms with Gasteiger partial charge in [0.1, 0.15) is 0 Å². The van der Waals surface area contributed by atoms with E-state index in [4.69, 9.17) is 0 Å². The Morgan fingerprint density at radius 1 is 0.345 bits per heavy atom. The Bertz CT molecular complexity index is 3000. The molecule has 0 fully saturated rings. The monoisotopic (exact) mass is 717 g/mol. The molecule has 1 heterocycles. The number of thiophene rings is 1. The predicted molar refractivity (Wildman–Crippen MR) is 234 cm³/mol. The molecule has 0 N–H and O–H groups in total. The van der Waals surface area contributed by atoms with Crippen molar-refractivity contribution in [3.05, 3.63) is 235 Å². The van der Waals surface area contributed by atoms with Crippen molar-refractivity contribution in [3.8, 4) is 22.3 Å². The zero-order valence-corrected chi connectivity index (χ0v) is 30.9. The predicted octanol–water partition coefficient (Wildman–Crippen LogP) is 14.7. The van der Waals surface area contributed by atoms with Crippen molar-refractivity contribution in [1.29, 1.82) is 0 Å². The molecule has 0 bridgehead atoms. The summed E-state index contributed by atoms with van der Waals surface area (Å²) in [6.07, 6.45) is 0. The third-order valence-corrected chi connectivity index (χ3v) is 12.7. The van der Waals surface area contributed by atoms with Gasteiger partial charge in [0.2, 0.25) is 0 Å². The number of nitrogens with zero attached hydrogens (tertiary/aromatic N) is 1. The molecular weight excluding hydrogens is 683 g/mol. The fraction of sp³-hybridized carbons (Fsp3) is 0.0189. The molecule has 10 aromatic rings. The Morgan fingerprint density at radius 3 is 1.75 bits per heavy atom. The molecule has 0 amide bonds. The summed E-state index contributed by atoms with van der Waals surface area (Å²) in [7, 11) is 0. The van der Waals surface area contributed by atoms with Gasteiger partial charge in [-0.05, 0) is 116 Å². The minimum absolute atomic E-state index is 0.525. The highest BCUT2D eigenvalue weighted by atomic mass is 32.1. The van der Waals surface area contributed by atoms with E-state index in [1.165, 1.54) is 75.5 Å². The molecule has 1 nitrogen and oxygen atoms in total. The lowest BCUT2D eigenvalue weighted by Gasteiger charge is -2.35. The quantitative estimate of drug-likeness (QED) is 0.166. The van der Waals surface area contributed by atoms with E-state index in [1.807, 2.05) is 11.3 Å². The molecule has 1 aromatic heterocycles. The van der Waals surface area contributed by atoms with Crippen LogP contribution in [0, 0.1) is 0 Å². The summed E-state index contributed by atoms with van der Waals surface area (Å²) in [6.45, 7) is 0. The smallest absolute Gasteiger partial charge is 0.0714 e. The Kier molecular flexibility index (Phi) is 7.33. The molecule has 0 aliphatic heterocycles. The lowest BCUT2D eigenvalue weighted by Crippen LogP contribution is -2.28. The zero-order valence-electron chi connectivity index (χ0n) is 30.1. The number of rotatable bonds is 6. The number of fused-ring (bicyclic) bond motifs is 7. The van der Waals surface area contributed by atoms with E-state index in [1.54, 1.807) is 0 Å². The number of hydrogen-bond acceptors (Lipinski definition) is 2. The Labute approximate surface area is 325 Å². The molecule has 0 spiro atoms. The van der Waals surface area contributed by atoms with Gasteiger partial charge in [-0.2, -0.15) is 0 Å². The summed E-state index contributed by atoms with van der Waals surface area (Å²) in [5.74, 6) is 0. The standard InChI is InChI=1S/C53H35NS/c1-2-16-42(17-3-1)54(43-30-27-37(28-31-43)39-26-25-36-13-4-5-14-38(36)33-39)44-18-12-15-40(34-44)53(49-22-9-6-19-45(49)46-20-7-10-23-50(46)53)41-29-32-52-48(35-41)47-21-8-11-24-51(47)55-52/h1-35H. The molecule has 258 valence electrons. The molecule has 1 aliphatic carbocycles. The van der Waals surface area contributed by atoms with Crippen LogP contribution in [0.25, 0.3) is 53.2 Å². The summed E-state index contributed by atoms with van der Waals surface area (Å²) >= 11 is 1.87. The van der Waals surface area contributed by atoms with Gasteiger partial charge >= 0.3 is 0 Å². The summed E-state index contributed by atoms with van der Waals surface area (Å²) in [6, 6.07) is 78.4. The first kappa shape index (κ1) is 31.8. The second-order valence-corrected chi connectivity index (χ2v) is 15.6. The average Bonchev–Trinajstić information content (AvgIpc) is 3.78. The maximum atomic E-state index is 2.47. The number of benzene rings is 9. The minimum Gasteiger partial charge on any atom is -0.310 e. The van der Waals surface area contributed by atoms with Gasteiger partial charge in [0.25, 0.3) is 0 Å². The van der Waals surface area contributed by atoms with Gasteiger partial charge in [0.15, 0.2) is 0 Å². The molecule has 2 heteroatoms. The zero-order chi connectivity index (χ0) is 36.3. The Hall–Kier alpha value is -6.74. The van der Waals surface area contributed by atoms with Gasteiger partial charge < -0.3 is 4.90 Å². The van der Waals surface area contributed by atoms with E-state index >= 15 is 0 Å². The van der Waals surface area contributed by atoms with Crippen LogP contribution in [0.1, 0.15) is 22.3 Å². The SMILES string of the molecule is c1ccc(N(c2ccc(-c3ccc4ccccc4c3)cc2)c2cccc(C3(c4ccc5sc6ccccc6c5c4)c4ccccc4-c4ccccc43)c2)cc1. The summed E-state index contributed by atoms with van der Waals surface area (Å²) < 4.78 is 2.64. The average molecular weight is 718 g/mol. The molecular formula is C53H35NS. The van der Waals surface area contributed by atoms with Crippen LogP contribution >= 0.6 is 11.3 Å². The van der Waals surface area contributed by atoms with E-state index in [9.17, 15) is 0 Å². The van der Waals surface area contributed by atoms with Crippen molar-refractivity contribution < 1.29 is 0 Å². The molecule has 0 saturated carbocycles. The van der Waals surface area contributed by atoms with E-state index < -0.39 is 5.41 Å². The van der Waals surface area contributed by atoms with Gasteiger partial charge in [0.05, 0.1) is 5.41 Å². The van der Waals surface area contributed by atoms with Gasteiger partial charge in [-0.1, -0.05) is 152 Å². The highest BCUT2D eigenvalue weighted by molar-refractivity contribution is 7.25. The normalized spacial score (nSPS) is 12.9. The van der Waals surface area contributed by atoms with Crippen LogP contribution < -0.4 is 4.90 Å². The first-order chi connectivity index (χ1) is 27.3. The summed E-state index contributed by atoms with van der Waals surface area (Å²) in [4.78, 5) is 2.39. The summed E-state index contributed by atoms with van der Waals surface area (Å²) in [5, 5.41) is 5.14. The molecule has 1 aliphatic rings. The minimum atomic E-state index is -0.525. The second kappa shape index (κ2) is 12.7. The topological polar surface area (TPSA) is 3.24 Å². The fourth-order valence-corrected chi connectivity index (χ4v) is 10.1. The van der Waals surface area contributed by atoms with E-state index in [-0.39, 0.29) is 0 Å². The number of anilines is 3. The number of hydrogen-bond donors (Lipinski definition) is 0. The van der Waals surface area contributed by atoms with E-state index in [2.05, 4.69) is 217 Å². The van der Waals surface area contributed by atoms with Crippen molar-refractivity contribution in [3.63, 3.8) is 0 Å². The van der Waals surface area contributed by atoms with Crippen LogP contribution in [0.5, 0.6) is 0 Å². The van der Waals surface area contributed by atoms with Crippen LogP contribution in [0.4, 0.5) is 17.1 Å². The molecule has 55 heavy (non-hydrogen) atoms. The number of para-hydroxylation sites is 1. The Morgan fingerprint density at radius 2 is 0.945 bits per heavy atom. The third kappa shape index (κ3) is 4.99. The van der Waals surface area contributed by atoms with Crippen LogP contribution in [-0.4, -0.2) is 0 Å². The molecule has 11 rings (SSSR count). The van der Waals surface area contributed by atoms with Crippen molar-refractivity contribution in [1.82, 2.24) is 0 Å². The third-order valence-electron chi connectivity index (χ3n) is 11.5. The van der Waals surface area contributed by atoms with E-state index in [0.29, 0.717) is 0 Å². The summed E-state index contributed by atoms with van der Waals surface area (Å²) in [5.41, 5.74) is 13.0. The highest BCUT2D eigenvalue weighted by Gasteiger charge is 2.46. The van der Waals surface area contributed by atoms with Crippen molar-refractivity contribution in [2.45, 2.75) is 5.41 Å². The van der Waals surface area contributed by atoms with Crippen molar-refractivity contribution in [2.24, 2.45) is 0 Å². The van der Waals surface area contributed by atoms with Gasteiger partial charge in [-0.25, -0.2) is 0 Å². The molecule has 0 atom stereocenters. The maximum Gasteiger partial charge on any atom is 0.0714 e. The van der Waals surface area contributed by atoms with Crippen LogP contribution in [0.2, 0.25) is 0 Å². The molecule has 9 aromatic carbocycles. The first-order valence-electron chi connectivity index (χ1n) is 18.9. The Balaban J connectivity index is 1.11. The van der Waals surface area contributed by atoms with Crippen molar-refractivity contribution >= 4 is 59.3 Å².